The molecule has 0 aromatic heterocycles. The molecule has 1 heterocycles. The first-order valence-electron chi connectivity index (χ1n) is 12.2. The number of hydrogen-bond acceptors (Lipinski definition) is 6. The van der Waals surface area contributed by atoms with E-state index in [1.807, 2.05) is 32.9 Å². The van der Waals surface area contributed by atoms with E-state index < -0.39 is 11.7 Å². The fraction of sp³-hybridized carbons (Fsp3) is 0.692. The zero-order chi connectivity index (χ0) is 25.2. The number of ether oxygens (including phenoxy) is 2. The highest BCUT2D eigenvalue weighted by molar-refractivity contribution is 6.51. The molecular formula is C26H38BNO6. The van der Waals surface area contributed by atoms with Crippen molar-refractivity contribution in [1.82, 2.24) is 5.32 Å². The van der Waals surface area contributed by atoms with Gasteiger partial charge in [0.05, 0.1) is 11.2 Å². The molecule has 1 aromatic rings. The zero-order valence-corrected chi connectivity index (χ0v) is 21.7. The van der Waals surface area contributed by atoms with Gasteiger partial charge in [-0.05, 0) is 97.3 Å². The van der Waals surface area contributed by atoms with E-state index in [1.165, 1.54) is 6.92 Å². The van der Waals surface area contributed by atoms with Crippen molar-refractivity contribution < 1.29 is 28.4 Å². The first-order chi connectivity index (χ1) is 15.5. The van der Waals surface area contributed by atoms with Crippen molar-refractivity contribution in [2.45, 2.75) is 109 Å². The minimum absolute atomic E-state index is 0.00490. The van der Waals surface area contributed by atoms with Crippen LogP contribution < -0.4 is 10.1 Å². The Morgan fingerprint density at radius 3 is 2.03 bits per heavy atom. The van der Waals surface area contributed by atoms with E-state index in [0.29, 0.717) is 12.2 Å². The van der Waals surface area contributed by atoms with Crippen molar-refractivity contribution in [3.05, 3.63) is 29.8 Å². The van der Waals surface area contributed by atoms with Gasteiger partial charge < -0.3 is 24.1 Å². The van der Waals surface area contributed by atoms with E-state index in [9.17, 15) is 9.59 Å². The Bertz CT molecular complexity index is 929. The van der Waals surface area contributed by atoms with Gasteiger partial charge in [-0.2, -0.15) is 0 Å². The summed E-state index contributed by atoms with van der Waals surface area (Å²) in [6.07, 6.45) is 3.11. The van der Waals surface area contributed by atoms with Crippen molar-refractivity contribution >= 4 is 19.2 Å². The van der Waals surface area contributed by atoms with Crippen LogP contribution in [0.4, 0.5) is 4.79 Å². The van der Waals surface area contributed by atoms with E-state index >= 15 is 0 Å². The minimum atomic E-state index is -0.566. The van der Waals surface area contributed by atoms with Crippen LogP contribution in [0.3, 0.4) is 0 Å². The molecule has 1 aliphatic heterocycles. The van der Waals surface area contributed by atoms with Gasteiger partial charge in [0, 0.05) is 18.3 Å². The van der Waals surface area contributed by atoms with E-state index in [4.69, 9.17) is 18.8 Å². The largest absolute Gasteiger partial charge is 0.464 e. The van der Waals surface area contributed by atoms with Crippen LogP contribution in [0.15, 0.2) is 24.3 Å². The molecule has 1 N–H and O–H groups in total. The van der Waals surface area contributed by atoms with Gasteiger partial charge >= 0.3 is 19.2 Å². The lowest BCUT2D eigenvalue weighted by Crippen LogP contribution is -2.71. The number of hydrogen-bond donors (Lipinski definition) is 1. The highest BCUT2D eigenvalue weighted by atomic mass is 16.7. The van der Waals surface area contributed by atoms with Gasteiger partial charge in [-0.3, -0.25) is 4.79 Å². The van der Waals surface area contributed by atoms with Gasteiger partial charge in [-0.15, -0.1) is 0 Å². The zero-order valence-electron chi connectivity index (χ0n) is 21.7. The number of rotatable bonds is 6. The molecule has 0 radical (unpaired) electrons. The van der Waals surface area contributed by atoms with Gasteiger partial charge in [0.15, 0.2) is 0 Å². The molecule has 186 valence electrons. The van der Waals surface area contributed by atoms with Crippen molar-refractivity contribution in [2.75, 3.05) is 0 Å². The van der Waals surface area contributed by atoms with Gasteiger partial charge in [-0.25, -0.2) is 4.79 Å². The lowest BCUT2D eigenvalue weighted by atomic mass is 9.22. The van der Waals surface area contributed by atoms with Crippen molar-refractivity contribution in [2.24, 2.45) is 5.41 Å². The summed E-state index contributed by atoms with van der Waals surface area (Å²) in [5, 5.41) is 3.17. The Kier molecular flexibility index (Phi) is 5.88. The van der Waals surface area contributed by atoms with Crippen LogP contribution in [0.5, 0.6) is 5.75 Å². The second kappa shape index (κ2) is 7.99. The molecule has 5 rings (SSSR count). The number of carbonyl (C=O) groups excluding carboxylic acids is 2. The third-order valence-corrected chi connectivity index (χ3v) is 7.92. The molecule has 1 aromatic carbocycles. The van der Waals surface area contributed by atoms with Gasteiger partial charge in [0.25, 0.3) is 0 Å². The topological polar surface area (TPSA) is 83.1 Å². The highest BCUT2D eigenvalue weighted by Gasteiger charge is 2.78. The molecular weight excluding hydrogens is 433 g/mol. The smallest absolute Gasteiger partial charge is 0.444 e. The summed E-state index contributed by atoms with van der Waals surface area (Å²) in [6.45, 7) is 15.3. The number of esters is 1. The predicted octanol–water partition coefficient (Wildman–Crippen LogP) is 5.06. The normalized spacial score (nSPS) is 29.5. The summed E-state index contributed by atoms with van der Waals surface area (Å²) in [6, 6.07) is 7.38. The molecule has 3 saturated carbocycles. The van der Waals surface area contributed by atoms with E-state index in [0.717, 1.165) is 24.8 Å². The molecule has 0 spiro atoms. The Morgan fingerprint density at radius 2 is 1.56 bits per heavy atom. The Hall–Kier alpha value is -2.06. The summed E-state index contributed by atoms with van der Waals surface area (Å²) in [5.41, 5.74) is -0.207. The number of amides is 1. The summed E-state index contributed by atoms with van der Waals surface area (Å²) in [5.74, 6) is 0.164. The fourth-order valence-electron chi connectivity index (χ4n) is 5.63. The van der Waals surface area contributed by atoms with Gasteiger partial charge in [-0.1, -0.05) is 12.1 Å². The van der Waals surface area contributed by atoms with E-state index in [2.05, 4.69) is 33.0 Å². The Labute approximate surface area is 203 Å². The van der Waals surface area contributed by atoms with Crippen molar-refractivity contribution in [3.8, 4) is 5.75 Å². The van der Waals surface area contributed by atoms with Crippen LogP contribution in [0, 0.1) is 5.41 Å². The molecule has 1 amide bonds. The lowest BCUT2D eigenvalue weighted by molar-refractivity contribution is -0.134. The predicted molar refractivity (Wildman–Crippen MR) is 130 cm³/mol. The Balaban J connectivity index is 1.47. The maximum absolute atomic E-state index is 12.7. The van der Waals surface area contributed by atoms with Crippen LogP contribution in [0.25, 0.3) is 0 Å². The maximum Gasteiger partial charge on any atom is 0.464 e. The van der Waals surface area contributed by atoms with E-state index in [-0.39, 0.29) is 41.1 Å². The summed E-state index contributed by atoms with van der Waals surface area (Å²) in [7, 11) is -0.218. The second-order valence-corrected chi connectivity index (χ2v) is 12.5. The van der Waals surface area contributed by atoms with Gasteiger partial charge in [0.2, 0.25) is 0 Å². The van der Waals surface area contributed by atoms with Crippen LogP contribution in [-0.2, 0) is 25.3 Å². The van der Waals surface area contributed by atoms with Crippen molar-refractivity contribution in [3.63, 3.8) is 0 Å². The third-order valence-electron chi connectivity index (χ3n) is 7.92. The molecule has 1 saturated heterocycles. The summed E-state index contributed by atoms with van der Waals surface area (Å²) >= 11 is 0. The molecule has 4 aliphatic rings. The molecule has 4 fully saturated rings. The molecule has 8 heteroatoms. The number of alkyl carbamates (subject to hydrolysis) is 1. The third kappa shape index (κ3) is 4.59. The number of carbonyl (C=O) groups is 2. The Morgan fingerprint density at radius 1 is 1.03 bits per heavy atom. The maximum atomic E-state index is 12.7. The quantitative estimate of drug-likeness (QED) is 0.355. The molecule has 34 heavy (non-hydrogen) atoms. The second-order valence-electron chi connectivity index (χ2n) is 12.5. The molecule has 2 bridgehead atoms. The molecule has 3 aliphatic carbocycles. The van der Waals surface area contributed by atoms with Crippen LogP contribution in [-0.4, -0.2) is 42.0 Å². The van der Waals surface area contributed by atoms with Crippen LogP contribution in [0.1, 0.15) is 80.2 Å². The van der Waals surface area contributed by atoms with Crippen LogP contribution >= 0.6 is 0 Å². The average molecular weight is 471 g/mol. The number of benzene rings is 1. The molecule has 7 nitrogen and oxygen atoms in total. The first-order valence-corrected chi connectivity index (χ1v) is 12.2. The van der Waals surface area contributed by atoms with Gasteiger partial charge in [0.1, 0.15) is 11.4 Å². The van der Waals surface area contributed by atoms with Crippen molar-refractivity contribution in [1.29, 1.82) is 0 Å². The number of nitrogens with one attached hydrogen (secondary N) is 1. The summed E-state index contributed by atoms with van der Waals surface area (Å²) in [4.78, 5) is 23.9. The lowest BCUT2D eigenvalue weighted by Gasteiger charge is -2.73. The summed E-state index contributed by atoms with van der Waals surface area (Å²) < 4.78 is 23.5. The first kappa shape index (κ1) is 25.1. The molecule has 1 unspecified atom stereocenters. The minimum Gasteiger partial charge on any atom is -0.444 e. The fourth-order valence-corrected chi connectivity index (χ4v) is 5.63. The molecule has 1 atom stereocenters. The van der Waals surface area contributed by atoms with E-state index in [1.54, 1.807) is 12.1 Å². The standard InChI is InChI=1S/C26H38BNO6/c1-17(29)31-19-11-9-18(10-12-19)13-20(28-21(30)32-22(2,3)4)25-14-26(15-25,16-25)27-33-23(5,6)24(7,8)34-27/h9-12,20H,13-16H2,1-8H3,(H,28,30). The highest BCUT2D eigenvalue weighted by Crippen LogP contribution is 2.82. The monoisotopic (exact) mass is 471 g/mol. The van der Waals surface area contributed by atoms with Crippen LogP contribution in [0.2, 0.25) is 5.31 Å². The SMILES string of the molecule is CC(=O)Oc1ccc(CC(NC(=O)OC(C)(C)C)C23CC(B4OC(C)(C)C(C)(C)O4)(C2)C3)cc1. The average Bonchev–Trinajstić information content (AvgIpc) is 2.79.